The summed E-state index contributed by atoms with van der Waals surface area (Å²) < 4.78 is 8.69. The minimum absolute atomic E-state index is 0.278. The van der Waals surface area contributed by atoms with Gasteiger partial charge >= 0.3 is 5.69 Å². The molecule has 0 saturated heterocycles. The number of nitrogens with one attached hydrogen (secondary N) is 1. The zero-order chi connectivity index (χ0) is 16.4. The van der Waals surface area contributed by atoms with Crippen molar-refractivity contribution in [2.45, 2.75) is 26.4 Å². The first-order chi connectivity index (χ1) is 11.1. The summed E-state index contributed by atoms with van der Waals surface area (Å²) in [6.45, 7) is 4.48. The minimum atomic E-state index is -0.384. The van der Waals surface area contributed by atoms with E-state index in [2.05, 4.69) is 34.5 Å². The van der Waals surface area contributed by atoms with Crippen LogP contribution in [0.5, 0.6) is 5.88 Å². The average Bonchev–Trinajstić information content (AvgIpc) is 3.13. The number of aromatic nitrogens is 6. The van der Waals surface area contributed by atoms with Gasteiger partial charge in [-0.3, -0.25) is 4.68 Å². The topological polar surface area (TPSA) is 90.6 Å². The molecule has 1 aromatic carbocycles. The fourth-order valence-corrected chi connectivity index (χ4v) is 2.46. The van der Waals surface area contributed by atoms with E-state index in [1.807, 2.05) is 31.4 Å². The first-order valence-corrected chi connectivity index (χ1v) is 7.31. The third kappa shape index (κ3) is 3.01. The van der Waals surface area contributed by atoms with Gasteiger partial charge in [0, 0.05) is 24.9 Å². The Balaban J connectivity index is 2.01. The summed E-state index contributed by atoms with van der Waals surface area (Å²) >= 11 is 0. The van der Waals surface area contributed by atoms with Gasteiger partial charge in [0.05, 0.1) is 5.69 Å². The van der Waals surface area contributed by atoms with Crippen LogP contribution in [0.4, 0.5) is 0 Å². The summed E-state index contributed by atoms with van der Waals surface area (Å²) in [5, 5.41) is 13.9. The molecular formula is C15H18N6O2. The molecule has 0 aliphatic carbocycles. The summed E-state index contributed by atoms with van der Waals surface area (Å²) in [6.07, 6.45) is 1.81. The summed E-state index contributed by atoms with van der Waals surface area (Å²) in [6, 6.07) is 7.54. The van der Waals surface area contributed by atoms with Crippen LogP contribution < -0.4 is 10.4 Å². The average molecular weight is 314 g/mol. The van der Waals surface area contributed by atoms with E-state index in [-0.39, 0.29) is 11.6 Å². The molecule has 0 saturated carbocycles. The number of hydrogen-bond acceptors (Lipinski definition) is 5. The highest BCUT2D eigenvalue weighted by Gasteiger charge is 2.16. The highest BCUT2D eigenvalue weighted by molar-refractivity contribution is 5.46. The van der Waals surface area contributed by atoms with Crippen LogP contribution in [0.15, 0.2) is 35.3 Å². The second kappa shape index (κ2) is 6.07. The SMILES string of the molecule is CC(C)c1cccc(-n2nn[nH]c2=O)c1COc1ccn(C)n1. The van der Waals surface area contributed by atoms with Gasteiger partial charge in [0.15, 0.2) is 0 Å². The summed E-state index contributed by atoms with van der Waals surface area (Å²) in [4.78, 5) is 11.9. The first kappa shape index (κ1) is 15.0. The van der Waals surface area contributed by atoms with Crippen LogP contribution >= 0.6 is 0 Å². The zero-order valence-electron chi connectivity index (χ0n) is 13.2. The third-order valence-corrected chi connectivity index (χ3v) is 3.56. The normalized spacial score (nSPS) is 11.1. The van der Waals surface area contributed by atoms with Crippen LogP contribution in [-0.2, 0) is 13.7 Å². The molecule has 0 aliphatic rings. The van der Waals surface area contributed by atoms with E-state index in [4.69, 9.17) is 4.74 Å². The van der Waals surface area contributed by atoms with E-state index in [9.17, 15) is 4.79 Å². The molecule has 0 atom stereocenters. The Kier molecular flexibility index (Phi) is 3.96. The van der Waals surface area contributed by atoms with Gasteiger partial charge in [-0.05, 0) is 28.0 Å². The lowest BCUT2D eigenvalue weighted by molar-refractivity contribution is 0.288. The first-order valence-electron chi connectivity index (χ1n) is 7.31. The Morgan fingerprint density at radius 3 is 2.74 bits per heavy atom. The molecule has 8 heteroatoms. The quantitative estimate of drug-likeness (QED) is 0.768. The second-order valence-corrected chi connectivity index (χ2v) is 5.53. The lowest BCUT2D eigenvalue weighted by Gasteiger charge is -2.16. The number of rotatable bonds is 5. The molecule has 3 aromatic rings. The molecule has 1 N–H and O–H groups in total. The van der Waals surface area contributed by atoms with Crippen molar-refractivity contribution < 1.29 is 4.74 Å². The van der Waals surface area contributed by atoms with E-state index >= 15 is 0 Å². The Morgan fingerprint density at radius 2 is 2.13 bits per heavy atom. The number of aromatic amines is 1. The van der Waals surface area contributed by atoms with Gasteiger partial charge in [0.1, 0.15) is 6.61 Å². The Hall–Kier alpha value is -2.90. The molecule has 0 fully saturated rings. The number of aryl methyl sites for hydroxylation is 1. The highest BCUT2D eigenvalue weighted by Crippen LogP contribution is 2.25. The predicted octanol–water partition coefficient (Wildman–Crippen LogP) is 1.39. The molecule has 0 amide bonds. The minimum Gasteiger partial charge on any atom is -0.472 e. The lowest BCUT2D eigenvalue weighted by Crippen LogP contribution is -2.19. The zero-order valence-corrected chi connectivity index (χ0v) is 13.2. The number of tetrazole rings is 1. The number of nitrogens with zero attached hydrogens (tertiary/aromatic N) is 5. The predicted molar refractivity (Wildman–Crippen MR) is 83.6 cm³/mol. The second-order valence-electron chi connectivity index (χ2n) is 5.53. The van der Waals surface area contributed by atoms with E-state index in [0.717, 1.165) is 11.1 Å². The number of H-pyrrole nitrogens is 1. The lowest BCUT2D eigenvalue weighted by atomic mass is 9.96. The monoisotopic (exact) mass is 314 g/mol. The molecule has 0 spiro atoms. The van der Waals surface area contributed by atoms with Gasteiger partial charge in [0.25, 0.3) is 0 Å². The maximum atomic E-state index is 11.9. The maximum absolute atomic E-state index is 11.9. The van der Waals surface area contributed by atoms with Crippen molar-refractivity contribution in [2.24, 2.45) is 7.05 Å². The van der Waals surface area contributed by atoms with Gasteiger partial charge in [-0.15, -0.1) is 5.10 Å². The number of benzene rings is 1. The molecule has 3 rings (SSSR count). The van der Waals surface area contributed by atoms with Crippen molar-refractivity contribution in [1.82, 2.24) is 30.0 Å². The summed E-state index contributed by atoms with van der Waals surface area (Å²) in [5.41, 5.74) is 2.26. The fourth-order valence-electron chi connectivity index (χ4n) is 2.46. The fraction of sp³-hybridized carbons (Fsp3) is 0.333. The van der Waals surface area contributed by atoms with Gasteiger partial charge in [-0.1, -0.05) is 26.0 Å². The van der Waals surface area contributed by atoms with Crippen molar-refractivity contribution >= 4 is 0 Å². The van der Waals surface area contributed by atoms with Crippen molar-refractivity contribution in [2.75, 3.05) is 0 Å². The van der Waals surface area contributed by atoms with Crippen LogP contribution in [0.25, 0.3) is 5.69 Å². The molecule has 0 bridgehead atoms. The highest BCUT2D eigenvalue weighted by atomic mass is 16.5. The molecular weight excluding hydrogens is 296 g/mol. The largest absolute Gasteiger partial charge is 0.472 e. The molecule has 0 unspecified atom stereocenters. The van der Waals surface area contributed by atoms with Gasteiger partial charge < -0.3 is 4.74 Å². The maximum Gasteiger partial charge on any atom is 0.365 e. The van der Waals surface area contributed by atoms with Crippen molar-refractivity contribution in [1.29, 1.82) is 0 Å². The van der Waals surface area contributed by atoms with Crippen LogP contribution in [0.1, 0.15) is 30.9 Å². The van der Waals surface area contributed by atoms with E-state index < -0.39 is 0 Å². The number of hydrogen-bond donors (Lipinski definition) is 1. The van der Waals surface area contributed by atoms with Crippen molar-refractivity contribution in [3.63, 3.8) is 0 Å². The van der Waals surface area contributed by atoms with Gasteiger partial charge in [-0.2, -0.15) is 4.68 Å². The molecule has 0 aliphatic heterocycles. The van der Waals surface area contributed by atoms with Crippen LogP contribution in [0.3, 0.4) is 0 Å². The van der Waals surface area contributed by atoms with Gasteiger partial charge in [0.2, 0.25) is 5.88 Å². The standard InChI is InChI=1S/C15H18N6O2/c1-10(2)11-5-4-6-13(21-15(22)16-18-19-21)12(11)9-23-14-7-8-20(3)17-14/h4-8,10H,9H2,1-3H3,(H,16,19,22). The van der Waals surface area contributed by atoms with Crippen LogP contribution in [0.2, 0.25) is 0 Å². The van der Waals surface area contributed by atoms with E-state index in [0.29, 0.717) is 18.2 Å². The van der Waals surface area contributed by atoms with E-state index in [1.54, 1.807) is 10.7 Å². The molecule has 2 heterocycles. The van der Waals surface area contributed by atoms with E-state index in [1.165, 1.54) is 4.68 Å². The third-order valence-electron chi connectivity index (χ3n) is 3.56. The smallest absolute Gasteiger partial charge is 0.365 e. The summed E-state index contributed by atoms with van der Waals surface area (Å²) in [7, 11) is 1.83. The molecule has 2 aromatic heterocycles. The van der Waals surface area contributed by atoms with Crippen LogP contribution in [-0.4, -0.2) is 30.0 Å². The Labute approximate surface area is 132 Å². The summed E-state index contributed by atoms with van der Waals surface area (Å²) in [5.74, 6) is 0.810. The molecule has 0 radical (unpaired) electrons. The number of ether oxygens (including phenoxy) is 1. The molecule has 23 heavy (non-hydrogen) atoms. The van der Waals surface area contributed by atoms with Crippen molar-refractivity contribution in [3.05, 3.63) is 52.1 Å². The van der Waals surface area contributed by atoms with Gasteiger partial charge in [-0.25, -0.2) is 9.89 Å². The Morgan fingerprint density at radius 1 is 1.30 bits per heavy atom. The van der Waals surface area contributed by atoms with Crippen molar-refractivity contribution in [3.8, 4) is 11.6 Å². The van der Waals surface area contributed by atoms with Crippen LogP contribution in [0, 0.1) is 0 Å². The molecule has 120 valence electrons. The Bertz CT molecular complexity index is 861. The molecule has 8 nitrogen and oxygen atoms in total.